The number of hydrogen-bond acceptors (Lipinski definition) is 4. The van der Waals surface area contributed by atoms with E-state index in [1.165, 1.54) is 0 Å². The quantitative estimate of drug-likeness (QED) is 0.754. The van der Waals surface area contributed by atoms with E-state index in [1.807, 2.05) is 18.7 Å². The minimum absolute atomic E-state index is 0.0767. The van der Waals surface area contributed by atoms with Crippen LogP contribution in [0.25, 0.3) is 0 Å². The first kappa shape index (κ1) is 14.5. The van der Waals surface area contributed by atoms with Crippen molar-refractivity contribution in [2.75, 3.05) is 25.4 Å². The van der Waals surface area contributed by atoms with Gasteiger partial charge in [0.05, 0.1) is 17.3 Å². The molecule has 0 aromatic carbocycles. The Kier molecular flexibility index (Phi) is 6.02. The summed E-state index contributed by atoms with van der Waals surface area (Å²) in [5, 5.41) is 14.8. The number of aromatic nitrogens is 2. The van der Waals surface area contributed by atoms with Crippen molar-refractivity contribution in [3.8, 4) is 0 Å². The fourth-order valence-electron chi connectivity index (χ4n) is 1.85. The van der Waals surface area contributed by atoms with Crippen LogP contribution in [0.3, 0.4) is 0 Å². The molecule has 0 fully saturated rings. The molecule has 0 unspecified atom stereocenters. The highest BCUT2D eigenvalue weighted by Crippen LogP contribution is 2.24. The molecule has 1 aromatic rings. The van der Waals surface area contributed by atoms with Crippen molar-refractivity contribution in [1.29, 1.82) is 0 Å². The predicted octanol–water partition coefficient (Wildman–Crippen LogP) is 1.65. The van der Waals surface area contributed by atoms with Crippen LogP contribution in [0, 0.1) is 6.92 Å². The number of aliphatic hydroxyl groups excluding tert-OH is 1. The SMILES string of the molecule is CCN(CC)CCSc1c(CO)c(C)nn1C. The first-order valence-corrected chi connectivity index (χ1v) is 7.11. The Balaban J connectivity index is 2.57. The van der Waals surface area contributed by atoms with Crippen LogP contribution < -0.4 is 0 Å². The van der Waals surface area contributed by atoms with E-state index in [1.54, 1.807) is 11.8 Å². The Morgan fingerprint density at radius 1 is 1.35 bits per heavy atom. The number of thioether (sulfide) groups is 1. The summed E-state index contributed by atoms with van der Waals surface area (Å²) in [4.78, 5) is 2.40. The maximum atomic E-state index is 9.34. The highest BCUT2D eigenvalue weighted by Gasteiger charge is 2.12. The lowest BCUT2D eigenvalue weighted by molar-refractivity contribution is 0.277. The monoisotopic (exact) mass is 257 g/mol. The Morgan fingerprint density at radius 2 is 2.00 bits per heavy atom. The molecule has 0 saturated heterocycles. The molecule has 0 radical (unpaired) electrons. The van der Waals surface area contributed by atoms with Crippen LogP contribution in [-0.2, 0) is 13.7 Å². The van der Waals surface area contributed by atoms with E-state index in [9.17, 15) is 5.11 Å². The summed E-state index contributed by atoms with van der Waals surface area (Å²) in [6.45, 7) is 9.64. The van der Waals surface area contributed by atoms with Crippen molar-refractivity contribution in [1.82, 2.24) is 14.7 Å². The molecular formula is C12H23N3OS. The van der Waals surface area contributed by atoms with Gasteiger partial charge in [0, 0.05) is 24.9 Å². The van der Waals surface area contributed by atoms with E-state index in [4.69, 9.17) is 0 Å². The highest BCUT2D eigenvalue weighted by molar-refractivity contribution is 7.99. The van der Waals surface area contributed by atoms with Crippen molar-refractivity contribution in [2.45, 2.75) is 32.4 Å². The number of rotatable bonds is 7. The number of aliphatic hydroxyl groups is 1. The van der Waals surface area contributed by atoms with Crippen molar-refractivity contribution in [2.24, 2.45) is 7.05 Å². The van der Waals surface area contributed by atoms with Gasteiger partial charge >= 0.3 is 0 Å². The maximum Gasteiger partial charge on any atom is 0.0995 e. The molecule has 0 atom stereocenters. The van der Waals surface area contributed by atoms with Crippen molar-refractivity contribution in [3.63, 3.8) is 0 Å². The molecule has 0 amide bonds. The topological polar surface area (TPSA) is 41.3 Å². The van der Waals surface area contributed by atoms with Gasteiger partial charge in [-0.05, 0) is 20.0 Å². The largest absolute Gasteiger partial charge is 0.392 e. The van der Waals surface area contributed by atoms with Crippen LogP contribution in [0.2, 0.25) is 0 Å². The van der Waals surface area contributed by atoms with Gasteiger partial charge in [-0.3, -0.25) is 4.68 Å². The minimum atomic E-state index is 0.0767. The molecule has 17 heavy (non-hydrogen) atoms. The molecule has 0 saturated carbocycles. The van der Waals surface area contributed by atoms with E-state index >= 15 is 0 Å². The second-order valence-electron chi connectivity index (χ2n) is 4.03. The van der Waals surface area contributed by atoms with Crippen molar-refractivity contribution in [3.05, 3.63) is 11.3 Å². The predicted molar refractivity (Wildman–Crippen MR) is 72.4 cm³/mol. The van der Waals surface area contributed by atoms with Crippen molar-refractivity contribution < 1.29 is 5.11 Å². The summed E-state index contributed by atoms with van der Waals surface area (Å²) in [6, 6.07) is 0. The standard InChI is InChI=1S/C12H23N3OS/c1-5-15(6-2)7-8-17-12-11(9-16)10(3)13-14(12)4/h16H,5-9H2,1-4H3. The van der Waals surface area contributed by atoms with Crippen molar-refractivity contribution >= 4 is 11.8 Å². The third-order valence-corrected chi connectivity index (χ3v) is 4.16. The number of nitrogens with zero attached hydrogens (tertiary/aromatic N) is 3. The van der Waals surface area contributed by atoms with Crippen LogP contribution in [0.15, 0.2) is 5.03 Å². The van der Waals surface area contributed by atoms with Gasteiger partial charge in [-0.25, -0.2) is 0 Å². The summed E-state index contributed by atoms with van der Waals surface area (Å²) >= 11 is 1.78. The smallest absolute Gasteiger partial charge is 0.0995 e. The number of aryl methyl sites for hydroxylation is 2. The zero-order chi connectivity index (χ0) is 12.8. The lowest BCUT2D eigenvalue weighted by atomic mass is 10.3. The first-order chi connectivity index (χ1) is 8.13. The molecule has 1 rings (SSSR count). The second kappa shape index (κ2) is 7.03. The van der Waals surface area contributed by atoms with Crippen LogP contribution in [-0.4, -0.2) is 45.2 Å². The van der Waals surface area contributed by atoms with E-state index < -0.39 is 0 Å². The van der Waals surface area contributed by atoms with Gasteiger partial charge in [-0.15, -0.1) is 11.8 Å². The van der Waals surface area contributed by atoms with Gasteiger partial charge in [0.25, 0.3) is 0 Å². The molecule has 4 nitrogen and oxygen atoms in total. The van der Waals surface area contributed by atoms with Gasteiger partial charge in [0.15, 0.2) is 0 Å². The zero-order valence-electron chi connectivity index (χ0n) is 11.2. The van der Waals surface area contributed by atoms with E-state index in [-0.39, 0.29) is 6.61 Å². The Bertz CT molecular complexity index is 348. The van der Waals surface area contributed by atoms with Crippen LogP contribution in [0.5, 0.6) is 0 Å². The van der Waals surface area contributed by atoms with Crippen LogP contribution in [0.4, 0.5) is 0 Å². The summed E-state index contributed by atoms with van der Waals surface area (Å²) in [5.41, 5.74) is 1.90. The summed E-state index contributed by atoms with van der Waals surface area (Å²) in [6.07, 6.45) is 0. The normalized spacial score (nSPS) is 11.4. The fourth-order valence-corrected chi connectivity index (χ4v) is 3.01. The molecule has 5 heteroatoms. The molecular weight excluding hydrogens is 234 g/mol. The van der Waals surface area contributed by atoms with Crippen LogP contribution >= 0.6 is 11.8 Å². The molecule has 1 aromatic heterocycles. The van der Waals surface area contributed by atoms with Gasteiger partial charge in [0.1, 0.15) is 0 Å². The molecule has 0 aliphatic carbocycles. The maximum absolute atomic E-state index is 9.34. The van der Waals surface area contributed by atoms with E-state index in [0.717, 1.165) is 41.7 Å². The molecule has 98 valence electrons. The van der Waals surface area contributed by atoms with E-state index in [0.29, 0.717) is 0 Å². The molecule has 0 spiro atoms. The highest BCUT2D eigenvalue weighted by atomic mass is 32.2. The average molecular weight is 257 g/mol. The summed E-state index contributed by atoms with van der Waals surface area (Å²) in [7, 11) is 1.94. The average Bonchev–Trinajstić information content (AvgIpc) is 2.59. The third kappa shape index (κ3) is 3.72. The second-order valence-corrected chi connectivity index (χ2v) is 5.11. The molecule has 0 aliphatic rings. The summed E-state index contributed by atoms with van der Waals surface area (Å²) in [5.74, 6) is 1.04. The zero-order valence-corrected chi connectivity index (χ0v) is 12.0. The lowest BCUT2D eigenvalue weighted by Gasteiger charge is -2.17. The molecule has 0 aliphatic heterocycles. The molecule has 0 bridgehead atoms. The number of hydrogen-bond donors (Lipinski definition) is 1. The first-order valence-electron chi connectivity index (χ1n) is 6.12. The van der Waals surface area contributed by atoms with Gasteiger partial charge < -0.3 is 10.0 Å². The Hall–Kier alpha value is -0.520. The van der Waals surface area contributed by atoms with Gasteiger partial charge in [0.2, 0.25) is 0 Å². The third-order valence-electron chi connectivity index (χ3n) is 2.99. The summed E-state index contributed by atoms with van der Waals surface area (Å²) < 4.78 is 1.87. The fraction of sp³-hybridized carbons (Fsp3) is 0.750. The van der Waals surface area contributed by atoms with Gasteiger partial charge in [-0.2, -0.15) is 5.10 Å². The van der Waals surface area contributed by atoms with Crippen LogP contribution in [0.1, 0.15) is 25.1 Å². The minimum Gasteiger partial charge on any atom is -0.392 e. The molecule has 1 heterocycles. The lowest BCUT2D eigenvalue weighted by Crippen LogP contribution is -2.25. The van der Waals surface area contributed by atoms with Gasteiger partial charge in [-0.1, -0.05) is 13.8 Å². The Morgan fingerprint density at radius 3 is 2.53 bits per heavy atom. The van der Waals surface area contributed by atoms with E-state index in [2.05, 4.69) is 23.8 Å². The molecule has 1 N–H and O–H groups in total. The Labute approximate surface area is 108 Å².